The number of anilines is 1. The zero-order valence-corrected chi connectivity index (χ0v) is 12.9. The number of fused-ring (bicyclic) bond motifs is 1. The predicted octanol–water partition coefficient (Wildman–Crippen LogP) is 2.40. The molecule has 0 spiro atoms. The third kappa shape index (κ3) is 2.29. The maximum absolute atomic E-state index is 9.87. The summed E-state index contributed by atoms with van der Waals surface area (Å²) in [5, 5.41) is 15.5. The van der Waals surface area contributed by atoms with Gasteiger partial charge in [-0.2, -0.15) is 5.10 Å². The summed E-state index contributed by atoms with van der Waals surface area (Å²) in [7, 11) is 0. The molecule has 3 heterocycles. The number of ether oxygens (including phenoxy) is 1. The fraction of sp³-hybridized carbons (Fsp3) is 0.267. The average Bonchev–Trinajstić information content (AvgIpc) is 3.17. The molecule has 1 aliphatic heterocycles. The number of phenols is 1. The molecule has 0 bridgehead atoms. The van der Waals surface area contributed by atoms with Crippen LogP contribution in [-0.2, 0) is 4.74 Å². The third-order valence-corrected chi connectivity index (χ3v) is 4.31. The van der Waals surface area contributed by atoms with Crippen molar-refractivity contribution in [1.29, 1.82) is 0 Å². The van der Waals surface area contributed by atoms with Gasteiger partial charge in [0, 0.05) is 12.2 Å². The van der Waals surface area contributed by atoms with Gasteiger partial charge >= 0.3 is 0 Å². The molecular formula is C15H14ClN5O2. The highest BCUT2D eigenvalue weighted by Crippen LogP contribution is 2.36. The van der Waals surface area contributed by atoms with E-state index in [0.717, 1.165) is 6.42 Å². The summed E-state index contributed by atoms with van der Waals surface area (Å²) in [6, 6.07) is 5.08. The van der Waals surface area contributed by atoms with Crippen molar-refractivity contribution in [3.8, 4) is 17.0 Å². The normalized spacial score (nSPS) is 17.9. The number of nitrogens with zero attached hydrogens (tertiary/aromatic N) is 4. The molecule has 8 heteroatoms. The summed E-state index contributed by atoms with van der Waals surface area (Å²) in [5.41, 5.74) is 8.04. The maximum Gasteiger partial charge on any atom is 0.164 e. The second-order valence-corrected chi connectivity index (χ2v) is 5.84. The number of aromatic nitrogens is 4. The minimum absolute atomic E-state index is 0.00788. The molecule has 3 aromatic rings. The Bertz CT molecular complexity index is 889. The average molecular weight is 332 g/mol. The Labute approximate surface area is 136 Å². The summed E-state index contributed by atoms with van der Waals surface area (Å²) in [6.45, 7) is 1.29. The lowest BCUT2D eigenvalue weighted by molar-refractivity contribution is 0.185. The van der Waals surface area contributed by atoms with Crippen molar-refractivity contribution in [3.63, 3.8) is 0 Å². The molecule has 4 rings (SSSR count). The minimum Gasteiger partial charge on any atom is -0.506 e. The lowest BCUT2D eigenvalue weighted by atomic mass is 10.1. The van der Waals surface area contributed by atoms with Crippen molar-refractivity contribution in [2.45, 2.75) is 12.5 Å². The first-order valence-electron chi connectivity index (χ1n) is 7.20. The Hall–Kier alpha value is -2.38. The first-order valence-corrected chi connectivity index (χ1v) is 7.58. The van der Waals surface area contributed by atoms with Gasteiger partial charge in [0.05, 0.1) is 23.1 Å². The Morgan fingerprint density at radius 1 is 1.35 bits per heavy atom. The van der Waals surface area contributed by atoms with Crippen LogP contribution in [0.2, 0.25) is 5.02 Å². The number of hydrogen-bond acceptors (Lipinski definition) is 6. The summed E-state index contributed by atoms with van der Waals surface area (Å²) in [5.74, 6) is 0.344. The van der Waals surface area contributed by atoms with Crippen LogP contribution in [0.15, 0.2) is 24.5 Å². The summed E-state index contributed by atoms with van der Waals surface area (Å²) < 4.78 is 7.28. The smallest absolute Gasteiger partial charge is 0.164 e. The van der Waals surface area contributed by atoms with Crippen molar-refractivity contribution < 1.29 is 9.84 Å². The number of nitrogens with two attached hydrogens (primary N) is 1. The molecule has 1 aromatic carbocycles. The molecule has 1 aliphatic rings. The highest BCUT2D eigenvalue weighted by Gasteiger charge is 2.25. The molecule has 23 heavy (non-hydrogen) atoms. The quantitative estimate of drug-likeness (QED) is 0.748. The molecule has 7 nitrogen and oxygen atoms in total. The minimum atomic E-state index is -0.00788. The van der Waals surface area contributed by atoms with Crippen LogP contribution in [0.25, 0.3) is 22.3 Å². The van der Waals surface area contributed by atoms with Crippen LogP contribution in [-0.4, -0.2) is 38.1 Å². The Balaban J connectivity index is 1.97. The van der Waals surface area contributed by atoms with E-state index in [1.54, 1.807) is 18.2 Å². The Kier molecular flexibility index (Phi) is 3.32. The van der Waals surface area contributed by atoms with Crippen molar-refractivity contribution in [2.75, 3.05) is 18.9 Å². The number of aromatic hydroxyl groups is 1. The van der Waals surface area contributed by atoms with E-state index in [1.807, 2.05) is 4.68 Å². The molecule has 1 atom stereocenters. The molecule has 1 fully saturated rings. The van der Waals surface area contributed by atoms with Gasteiger partial charge in [-0.1, -0.05) is 17.7 Å². The van der Waals surface area contributed by atoms with Crippen LogP contribution in [0, 0.1) is 0 Å². The van der Waals surface area contributed by atoms with Gasteiger partial charge in [-0.25, -0.2) is 14.6 Å². The highest BCUT2D eigenvalue weighted by atomic mass is 35.5. The van der Waals surface area contributed by atoms with Crippen LogP contribution in [0.3, 0.4) is 0 Å². The zero-order valence-electron chi connectivity index (χ0n) is 12.1. The number of phenolic OH excluding ortho intramolecular Hbond substituents is 1. The van der Waals surface area contributed by atoms with Gasteiger partial charge in [0.2, 0.25) is 0 Å². The summed E-state index contributed by atoms with van der Waals surface area (Å²) in [4.78, 5) is 8.40. The zero-order chi connectivity index (χ0) is 16.0. The van der Waals surface area contributed by atoms with E-state index < -0.39 is 0 Å². The van der Waals surface area contributed by atoms with Gasteiger partial charge in [0.15, 0.2) is 5.65 Å². The van der Waals surface area contributed by atoms with E-state index >= 15 is 0 Å². The van der Waals surface area contributed by atoms with Crippen molar-refractivity contribution in [1.82, 2.24) is 19.7 Å². The Morgan fingerprint density at radius 2 is 2.22 bits per heavy atom. The van der Waals surface area contributed by atoms with Gasteiger partial charge in [0.25, 0.3) is 0 Å². The molecule has 0 radical (unpaired) electrons. The fourth-order valence-electron chi connectivity index (χ4n) is 2.83. The van der Waals surface area contributed by atoms with E-state index in [2.05, 4.69) is 15.1 Å². The van der Waals surface area contributed by atoms with Crippen LogP contribution in [0.4, 0.5) is 5.82 Å². The van der Waals surface area contributed by atoms with Crippen LogP contribution >= 0.6 is 11.6 Å². The second kappa shape index (κ2) is 5.36. The second-order valence-electron chi connectivity index (χ2n) is 5.43. The van der Waals surface area contributed by atoms with Gasteiger partial charge < -0.3 is 15.6 Å². The number of halogens is 1. The van der Waals surface area contributed by atoms with E-state index in [4.69, 9.17) is 22.1 Å². The molecule has 118 valence electrons. The van der Waals surface area contributed by atoms with Crippen LogP contribution in [0.1, 0.15) is 12.5 Å². The fourth-order valence-corrected chi connectivity index (χ4v) is 2.94. The van der Waals surface area contributed by atoms with E-state index in [0.29, 0.717) is 41.3 Å². The van der Waals surface area contributed by atoms with Gasteiger partial charge in [0.1, 0.15) is 23.6 Å². The molecule has 2 aromatic heterocycles. The van der Waals surface area contributed by atoms with Gasteiger partial charge in [-0.15, -0.1) is 0 Å². The molecule has 0 saturated carbocycles. The monoisotopic (exact) mass is 331 g/mol. The summed E-state index contributed by atoms with van der Waals surface area (Å²) >= 11 is 5.88. The topological polar surface area (TPSA) is 99.1 Å². The van der Waals surface area contributed by atoms with Crippen molar-refractivity contribution in [2.24, 2.45) is 0 Å². The molecule has 0 aliphatic carbocycles. The number of rotatable bonds is 2. The Morgan fingerprint density at radius 3 is 2.96 bits per heavy atom. The van der Waals surface area contributed by atoms with E-state index in [1.165, 1.54) is 6.33 Å². The lowest BCUT2D eigenvalue weighted by Gasteiger charge is -2.08. The molecular weight excluding hydrogens is 318 g/mol. The number of nitrogen functional groups attached to an aromatic ring is 1. The van der Waals surface area contributed by atoms with E-state index in [-0.39, 0.29) is 16.8 Å². The predicted molar refractivity (Wildman–Crippen MR) is 86.3 cm³/mol. The first-order chi connectivity index (χ1) is 11.1. The number of benzene rings is 1. The molecule has 3 N–H and O–H groups in total. The van der Waals surface area contributed by atoms with Gasteiger partial charge in [-0.3, -0.25) is 0 Å². The third-order valence-electron chi connectivity index (χ3n) is 3.99. The van der Waals surface area contributed by atoms with Crippen molar-refractivity contribution >= 4 is 28.5 Å². The lowest BCUT2D eigenvalue weighted by Crippen LogP contribution is -2.11. The molecule has 0 amide bonds. The molecule has 0 unspecified atom stereocenters. The maximum atomic E-state index is 9.87. The van der Waals surface area contributed by atoms with Crippen LogP contribution in [0.5, 0.6) is 5.75 Å². The highest BCUT2D eigenvalue weighted by molar-refractivity contribution is 6.32. The van der Waals surface area contributed by atoms with E-state index in [9.17, 15) is 5.11 Å². The van der Waals surface area contributed by atoms with Gasteiger partial charge in [-0.05, 0) is 18.6 Å². The standard InChI is InChI=1S/C15H14ClN5O2/c16-10-2-1-8(5-11(10)22)13-12-14(17)18-7-19-15(12)21(20-13)9-3-4-23-6-9/h1-2,5,7,9,22H,3-4,6H2,(H2,17,18,19)/t9-/m0/s1. The largest absolute Gasteiger partial charge is 0.506 e. The summed E-state index contributed by atoms with van der Waals surface area (Å²) in [6.07, 6.45) is 2.29. The van der Waals surface area contributed by atoms with Crippen molar-refractivity contribution in [3.05, 3.63) is 29.5 Å². The first kappa shape index (κ1) is 14.2. The molecule has 1 saturated heterocycles. The van der Waals surface area contributed by atoms with Crippen LogP contribution < -0.4 is 5.73 Å². The number of hydrogen-bond donors (Lipinski definition) is 2. The SMILES string of the molecule is Nc1ncnc2c1c(-c1ccc(Cl)c(O)c1)nn2[C@H]1CCOC1.